The fourth-order valence-corrected chi connectivity index (χ4v) is 1.75. The Kier molecular flexibility index (Phi) is 5.91. The van der Waals surface area contributed by atoms with Crippen LogP contribution >= 0.6 is 0 Å². The van der Waals surface area contributed by atoms with E-state index in [2.05, 4.69) is 35.6 Å². The molecule has 0 saturated heterocycles. The number of hydrogen-bond acceptors (Lipinski definition) is 4. The lowest BCUT2D eigenvalue weighted by Crippen LogP contribution is -2.32. The largest absolute Gasteiger partial charge is 0.390 e. The Bertz CT molecular complexity index is 311. The van der Waals surface area contributed by atoms with Crippen molar-refractivity contribution in [1.29, 1.82) is 0 Å². The van der Waals surface area contributed by atoms with E-state index in [0.717, 1.165) is 12.4 Å². The second-order valence-electron chi connectivity index (χ2n) is 4.52. The summed E-state index contributed by atoms with van der Waals surface area (Å²) in [5.41, 5.74) is 0.617. The van der Waals surface area contributed by atoms with Crippen LogP contribution in [0.2, 0.25) is 0 Å². The van der Waals surface area contributed by atoms with Gasteiger partial charge in [-0.1, -0.05) is 19.8 Å². The van der Waals surface area contributed by atoms with Gasteiger partial charge in [0, 0.05) is 12.6 Å². The molecule has 0 aromatic carbocycles. The summed E-state index contributed by atoms with van der Waals surface area (Å²) in [7, 11) is 0. The van der Waals surface area contributed by atoms with Crippen molar-refractivity contribution >= 4 is 5.82 Å². The van der Waals surface area contributed by atoms with E-state index >= 15 is 0 Å². The van der Waals surface area contributed by atoms with Crippen LogP contribution < -0.4 is 4.90 Å². The minimum atomic E-state index is -0.0508. The first kappa shape index (κ1) is 13.9. The Morgan fingerprint density at radius 1 is 1.24 bits per heavy atom. The van der Waals surface area contributed by atoms with Crippen LogP contribution in [0.3, 0.4) is 0 Å². The van der Waals surface area contributed by atoms with Crippen molar-refractivity contribution < 1.29 is 5.11 Å². The molecular formula is C13H23N3O. The van der Waals surface area contributed by atoms with Crippen molar-refractivity contribution in [3.05, 3.63) is 18.1 Å². The fourth-order valence-electron chi connectivity index (χ4n) is 1.75. The second kappa shape index (κ2) is 7.22. The molecule has 0 bridgehead atoms. The third kappa shape index (κ3) is 4.30. The summed E-state index contributed by atoms with van der Waals surface area (Å²) in [6.07, 6.45) is 7.03. The van der Waals surface area contributed by atoms with Crippen molar-refractivity contribution in [1.82, 2.24) is 9.97 Å². The molecule has 0 aliphatic carbocycles. The van der Waals surface area contributed by atoms with Gasteiger partial charge in [-0.05, 0) is 20.3 Å². The maximum Gasteiger partial charge on any atom is 0.147 e. The van der Waals surface area contributed by atoms with Crippen LogP contribution in [0.1, 0.15) is 45.7 Å². The minimum Gasteiger partial charge on any atom is -0.390 e. The van der Waals surface area contributed by atoms with Gasteiger partial charge in [-0.3, -0.25) is 4.98 Å². The highest BCUT2D eigenvalue weighted by Crippen LogP contribution is 2.14. The maximum absolute atomic E-state index is 8.93. The fraction of sp³-hybridized carbons (Fsp3) is 0.692. The zero-order chi connectivity index (χ0) is 12.7. The van der Waals surface area contributed by atoms with Crippen LogP contribution in [-0.2, 0) is 6.61 Å². The molecule has 0 atom stereocenters. The van der Waals surface area contributed by atoms with Crippen LogP contribution in [0.5, 0.6) is 0 Å². The lowest BCUT2D eigenvalue weighted by molar-refractivity contribution is 0.276. The molecule has 0 aliphatic heterocycles. The molecule has 0 spiro atoms. The van der Waals surface area contributed by atoms with Gasteiger partial charge in [0.1, 0.15) is 5.82 Å². The molecule has 96 valence electrons. The number of aliphatic hydroxyl groups excluding tert-OH is 1. The Hall–Kier alpha value is -1.16. The van der Waals surface area contributed by atoms with E-state index in [0.29, 0.717) is 11.7 Å². The molecule has 0 fully saturated rings. The van der Waals surface area contributed by atoms with Gasteiger partial charge in [0.2, 0.25) is 0 Å². The van der Waals surface area contributed by atoms with Gasteiger partial charge >= 0.3 is 0 Å². The molecule has 17 heavy (non-hydrogen) atoms. The Balaban J connectivity index is 2.68. The van der Waals surface area contributed by atoms with Crippen molar-refractivity contribution in [3.8, 4) is 0 Å². The van der Waals surface area contributed by atoms with Gasteiger partial charge in [-0.2, -0.15) is 0 Å². The molecule has 0 unspecified atom stereocenters. The van der Waals surface area contributed by atoms with Gasteiger partial charge in [-0.25, -0.2) is 4.98 Å². The molecule has 0 amide bonds. The predicted molar refractivity (Wildman–Crippen MR) is 70.0 cm³/mol. The zero-order valence-corrected chi connectivity index (χ0v) is 11.1. The molecule has 0 radical (unpaired) electrons. The summed E-state index contributed by atoms with van der Waals surface area (Å²) in [4.78, 5) is 10.8. The molecule has 0 aliphatic rings. The summed E-state index contributed by atoms with van der Waals surface area (Å²) in [6, 6.07) is 0.418. The average Bonchev–Trinajstić information content (AvgIpc) is 2.34. The van der Waals surface area contributed by atoms with Crippen LogP contribution in [0, 0.1) is 0 Å². The molecular weight excluding hydrogens is 214 g/mol. The predicted octanol–water partition coefficient (Wildman–Crippen LogP) is 2.37. The number of unbranched alkanes of at least 4 members (excludes halogenated alkanes) is 2. The van der Waals surface area contributed by atoms with Crippen molar-refractivity contribution in [2.24, 2.45) is 0 Å². The summed E-state index contributed by atoms with van der Waals surface area (Å²) in [6.45, 7) is 7.49. The highest BCUT2D eigenvalue weighted by molar-refractivity contribution is 5.36. The third-order valence-electron chi connectivity index (χ3n) is 2.77. The summed E-state index contributed by atoms with van der Waals surface area (Å²) >= 11 is 0. The van der Waals surface area contributed by atoms with Crippen LogP contribution in [-0.4, -0.2) is 27.7 Å². The average molecular weight is 237 g/mol. The Labute approximate surface area is 104 Å². The Morgan fingerprint density at radius 2 is 2.00 bits per heavy atom. The van der Waals surface area contributed by atoms with E-state index in [4.69, 9.17) is 5.11 Å². The zero-order valence-electron chi connectivity index (χ0n) is 11.1. The first-order valence-electron chi connectivity index (χ1n) is 6.37. The standard InChI is InChI=1S/C13H23N3O/c1-4-5-6-7-16(11(2)3)13-9-14-12(10-17)8-15-13/h8-9,11,17H,4-7,10H2,1-3H3. The van der Waals surface area contributed by atoms with E-state index in [-0.39, 0.29) is 6.61 Å². The second-order valence-corrected chi connectivity index (χ2v) is 4.52. The van der Waals surface area contributed by atoms with Crippen molar-refractivity contribution in [2.45, 2.75) is 52.7 Å². The first-order valence-corrected chi connectivity index (χ1v) is 6.37. The number of aliphatic hydroxyl groups is 1. The van der Waals surface area contributed by atoms with Crippen LogP contribution in [0.4, 0.5) is 5.82 Å². The van der Waals surface area contributed by atoms with E-state index in [1.807, 2.05) is 0 Å². The maximum atomic E-state index is 8.93. The number of hydrogen-bond donors (Lipinski definition) is 1. The molecule has 1 aromatic heterocycles. The normalized spacial score (nSPS) is 10.9. The topological polar surface area (TPSA) is 49.2 Å². The highest BCUT2D eigenvalue weighted by atomic mass is 16.3. The van der Waals surface area contributed by atoms with Crippen molar-refractivity contribution in [3.63, 3.8) is 0 Å². The molecule has 4 heteroatoms. The van der Waals surface area contributed by atoms with Gasteiger partial charge in [-0.15, -0.1) is 0 Å². The first-order chi connectivity index (χ1) is 8.19. The lowest BCUT2D eigenvalue weighted by Gasteiger charge is -2.27. The third-order valence-corrected chi connectivity index (χ3v) is 2.77. The number of aromatic nitrogens is 2. The minimum absolute atomic E-state index is 0.0508. The van der Waals surface area contributed by atoms with Gasteiger partial charge in [0.05, 0.1) is 24.7 Å². The van der Waals surface area contributed by atoms with Crippen LogP contribution in [0.25, 0.3) is 0 Å². The van der Waals surface area contributed by atoms with E-state index < -0.39 is 0 Å². The van der Waals surface area contributed by atoms with E-state index in [1.165, 1.54) is 19.3 Å². The molecule has 1 rings (SSSR count). The quantitative estimate of drug-likeness (QED) is 0.740. The van der Waals surface area contributed by atoms with E-state index in [9.17, 15) is 0 Å². The highest BCUT2D eigenvalue weighted by Gasteiger charge is 2.11. The van der Waals surface area contributed by atoms with E-state index in [1.54, 1.807) is 12.4 Å². The monoisotopic (exact) mass is 237 g/mol. The van der Waals surface area contributed by atoms with Crippen molar-refractivity contribution in [2.75, 3.05) is 11.4 Å². The molecule has 4 nitrogen and oxygen atoms in total. The number of rotatable bonds is 7. The summed E-state index contributed by atoms with van der Waals surface area (Å²) < 4.78 is 0. The van der Waals surface area contributed by atoms with Gasteiger partial charge in [0.15, 0.2) is 0 Å². The smallest absolute Gasteiger partial charge is 0.147 e. The number of anilines is 1. The SMILES string of the molecule is CCCCCN(c1cnc(CO)cn1)C(C)C. The van der Waals surface area contributed by atoms with Gasteiger partial charge in [0.25, 0.3) is 0 Å². The Morgan fingerprint density at radius 3 is 2.47 bits per heavy atom. The van der Waals surface area contributed by atoms with Crippen LogP contribution in [0.15, 0.2) is 12.4 Å². The summed E-state index contributed by atoms with van der Waals surface area (Å²) in [5.74, 6) is 0.897. The molecule has 1 heterocycles. The summed E-state index contributed by atoms with van der Waals surface area (Å²) in [5, 5.41) is 8.93. The molecule has 1 N–H and O–H groups in total. The van der Waals surface area contributed by atoms with Gasteiger partial charge < -0.3 is 10.0 Å². The number of nitrogens with zero attached hydrogens (tertiary/aromatic N) is 3. The lowest BCUT2D eigenvalue weighted by atomic mass is 10.2. The molecule has 0 saturated carbocycles. The molecule has 1 aromatic rings.